The van der Waals surface area contributed by atoms with E-state index in [1.54, 1.807) is 7.11 Å². The normalized spacial score (nSPS) is 29.6. The Hall–Kier alpha value is -0.0794. The maximum Gasteiger partial charge on any atom is 0.217 e. The van der Waals surface area contributed by atoms with Crippen LogP contribution in [0.4, 0.5) is 0 Å². The van der Waals surface area contributed by atoms with Gasteiger partial charge in [0.2, 0.25) is 5.91 Å². The molecule has 0 unspecified atom stereocenters. The number of carbonyl (C=O) groups excluding carboxylic acids is 1. The topological polar surface area (TPSA) is 75.2 Å². The minimum absolute atomic E-state index is 0.150. The Morgan fingerprint density at radius 2 is 1.39 bits per heavy atom. The first-order valence-electron chi connectivity index (χ1n) is 9.97. The molecule has 0 aliphatic carbocycles. The van der Waals surface area contributed by atoms with Gasteiger partial charge in [-0.2, -0.15) is 0 Å². The van der Waals surface area contributed by atoms with Crippen LogP contribution < -0.4 is 5.32 Å². The smallest absolute Gasteiger partial charge is 0.217 e. The third-order valence-electron chi connectivity index (χ3n) is 3.91. The minimum atomic E-state index is -1.95. The standard InChI is InChI=1S/C18H41NO6Si3/c1-13(20)19-15-17(25-28(9,10)11)16(24-27(6,7)8)14(23-18(15)21-2)12-22-26(3,4)5/h14-18H,12H2,1-11H3,(H,19,20)/t14-,15-,16-,17-,18+/m1/s1. The number of ether oxygens (including phenoxy) is 2. The summed E-state index contributed by atoms with van der Waals surface area (Å²) in [5.74, 6) is -0.150. The zero-order valence-corrected chi connectivity index (χ0v) is 22.5. The third-order valence-corrected chi connectivity index (χ3v) is 6.90. The van der Waals surface area contributed by atoms with E-state index >= 15 is 0 Å². The van der Waals surface area contributed by atoms with E-state index in [-0.39, 0.29) is 24.2 Å². The average Bonchev–Trinajstić information content (AvgIpc) is 2.45. The van der Waals surface area contributed by atoms with Crippen LogP contribution in [0.3, 0.4) is 0 Å². The van der Waals surface area contributed by atoms with Crippen molar-refractivity contribution < 1.29 is 27.5 Å². The number of rotatable bonds is 9. The Morgan fingerprint density at radius 3 is 1.79 bits per heavy atom. The monoisotopic (exact) mass is 451 g/mol. The Bertz CT molecular complexity index is 515. The number of nitrogens with one attached hydrogen (secondary N) is 1. The minimum Gasteiger partial charge on any atom is -0.415 e. The molecule has 1 aliphatic heterocycles. The summed E-state index contributed by atoms with van der Waals surface area (Å²) in [6.07, 6.45) is -1.65. The van der Waals surface area contributed by atoms with Gasteiger partial charge in [-0.05, 0) is 58.9 Å². The van der Waals surface area contributed by atoms with E-state index < -0.39 is 37.3 Å². The van der Waals surface area contributed by atoms with E-state index in [1.807, 2.05) is 0 Å². The van der Waals surface area contributed by atoms with Gasteiger partial charge in [0.05, 0.1) is 12.7 Å². The lowest BCUT2D eigenvalue weighted by atomic mass is 9.97. The fourth-order valence-corrected chi connectivity index (χ4v) is 5.92. The fourth-order valence-electron chi connectivity index (χ4n) is 3.06. The highest BCUT2D eigenvalue weighted by atomic mass is 28.4. The molecule has 0 radical (unpaired) electrons. The molecule has 0 saturated carbocycles. The van der Waals surface area contributed by atoms with Crippen molar-refractivity contribution in [3.8, 4) is 0 Å². The van der Waals surface area contributed by atoms with Gasteiger partial charge in [0.15, 0.2) is 31.2 Å². The van der Waals surface area contributed by atoms with Crippen LogP contribution in [0, 0.1) is 0 Å². The molecule has 166 valence electrons. The Labute approximate surface area is 174 Å². The van der Waals surface area contributed by atoms with E-state index in [0.29, 0.717) is 6.61 Å². The van der Waals surface area contributed by atoms with Crippen LogP contribution >= 0.6 is 0 Å². The van der Waals surface area contributed by atoms with Crippen molar-refractivity contribution in [2.75, 3.05) is 13.7 Å². The number of amides is 1. The maximum absolute atomic E-state index is 11.9. The molecule has 28 heavy (non-hydrogen) atoms. The van der Waals surface area contributed by atoms with Crippen molar-refractivity contribution in [3.63, 3.8) is 0 Å². The lowest BCUT2D eigenvalue weighted by Gasteiger charge is -2.49. The quantitative estimate of drug-likeness (QED) is 0.543. The molecular formula is C18H41NO6Si3. The number of methoxy groups -OCH3 is 1. The average molecular weight is 452 g/mol. The fraction of sp³-hybridized carbons (Fsp3) is 0.944. The van der Waals surface area contributed by atoms with Gasteiger partial charge in [-0.25, -0.2) is 0 Å². The van der Waals surface area contributed by atoms with Crippen molar-refractivity contribution in [1.82, 2.24) is 5.32 Å². The summed E-state index contributed by atoms with van der Waals surface area (Å²) < 4.78 is 31.1. The predicted octanol–water partition coefficient (Wildman–Crippen LogP) is 3.15. The first kappa shape index (κ1) is 26.0. The zero-order chi connectivity index (χ0) is 21.9. The molecular weight excluding hydrogens is 410 g/mol. The van der Waals surface area contributed by atoms with Crippen LogP contribution in [-0.4, -0.2) is 75.2 Å². The summed E-state index contributed by atoms with van der Waals surface area (Å²) in [5.41, 5.74) is 0. The highest BCUT2D eigenvalue weighted by Crippen LogP contribution is 2.31. The lowest BCUT2D eigenvalue weighted by molar-refractivity contribution is -0.255. The number of hydrogen-bond donors (Lipinski definition) is 1. The van der Waals surface area contributed by atoms with Crippen LogP contribution in [-0.2, 0) is 27.5 Å². The maximum atomic E-state index is 11.9. The van der Waals surface area contributed by atoms with Gasteiger partial charge in [0.25, 0.3) is 0 Å². The first-order valence-corrected chi connectivity index (χ1v) is 20.2. The van der Waals surface area contributed by atoms with Gasteiger partial charge >= 0.3 is 0 Å². The molecule has 1 saturated heterocycles. The summed E-state index contributed by atoms with van der Waals surface area (Å²) in [7, 11) is -4.02. The van der Waals surface area contributed by atoms with Gasteiger partial charge in [-0.3, -0.25) is 4.79 Å². The molecule has 1 amide bonds. The molecule has 0 spiro atoms. The van der Waals surface area contributed by atoms with Crippen LogP contribution in [0.15, 0.2) is 0 Å². The van der Waals surface area contributed by atoms with E-state index in [2.05, 4.69) is 64.2 Å². The highest BCUT2D eigenvalue weighted by Gasteiger charge is 2.50. The van der Waals surface area contributed by atoms with E-state index in [9.17, 15) is 4.79 Å². The second kappa shape index (κ2) is 9.82. The lowest BCUT2D eigenvalue weighted by Crippen LogP contribution is -2.68. The van der Waals surface area contributed by atoms with Gasteiger partial charge in [0.1, 0.15) is 18.2 Å². The van der Waals surface area contributed by atoms with Crippen LogP contribution in [0.25, 0.3) is 0 Å². The van der Waals surface area contributed by atoms with E-state index in [4.69, 9.17) is 22.8 Å². The third kappa shape index (κ3) is 9.16. The summed E-state index contributed by atoms with van der Waals surface area (Å²) in [5, 5.41) is 2.98. The van der Waals surface area contributed by atoms with Crippen molar-refractivity contribution in [1.29, 1.82) is 0 Å². The number of hydrogen-bond acceptors (Lipinski definition) is 6. The molecule has 1 N–H and O–H groups in total. The van der Waals surface area contributed by atoms with Gasteiger partial charge < -0.3 is 28.1 Å². The van der Waals surface area contributed by atoms with Crippen LogP contribution in [0.2, 0.25) is 58.9 Å². The van der Waals surface area contributed by atoms with Crippen molar-refractivity contribution in [2.24, 2.45) is 0 Å². The second-order valence-electron chi connectivity index (χ2n) is 10.3. The zero-order valence-electron chi connectivity index (χ0n) is 19.5. The van der Waals surface area contributed by atoms with Gasteiger partial charge in [0, 0.05) is 14.0 Å². The van der Waals surface area contributed by atoms with Gasteiger partial charge in [-0.15, -0.1) is 0 Å². The van der Waals surface area contributed by atoms with Crippen molar-refractivity contribution in [3.05, 3.63) is 0 Å². The molecule has 0 bridgehead atoms. The largest absolute Gasteiger partial charge is 0.415 e. The van der Waals surface area contributed by atoms with Crippen LogP contribution in [0.1, 0.15) is 6.92 Å². The number of carbonyl (C=O) groups is 1. The molecule has 1 rings (SSSR count). The molecule has 1 aliphatic rings. The summed E-state index contributed by atoms with van der Waals surface area (Å²) >= 11 is 0. The Kier molecular flexibility index (Phi) is 9.10. The Balaban J connectivity index is 3.30. The van der Waals surface area contributed by atoms with Crippen molar-refractivity contribution >= 4 is 30.9 Å². The summed E-state index contributed by atoms with van der Waals surface area (Å²) in [4.78, 5) is 11.9. The molecule has 10 heteroatoms. The van der Waals surface area contributed by atoms with Crippen molar-refractivity contribution in [2.45, 2.75) is 96.5 Å². The molecule has 7 nitrogen and oxygen atoms in total. The first-order chi connectivity index (χ1) is 12.5. The highest BCUT2D eigenvalue weighted by molar-refractivity contribution is 6.70. The predicted molar refractivity (Wildman–Crippen MR) is 119 cm³/mol. The summed E-state index contributed by atoms with van der Waals surface area (Å²) in [6, 6.07) is -0.446. The SMILES string of the molecule is CO[C@H]1O[C@H](CO[Si](C)(C)C)[C@@H](O[Si](C)(C)C)[C@H](O[Si](C)(C)C)[C@H]1NC(C)=O. The molecule has 5 atom stereocenters. The molecule has 0 aromatic carbocycles. The van der Waals surface area contributed by atoms with E-state index in [0.717, 1.165) is 0 Å². The van der Waals surface area contributed by atoms with E-state index in [1.165, 1.54) is 6.92 Å². The molecule has 0 aromatic rings. The second-order valence-corrected chi connectivity index (χ2v) is 23.8. The van der Waals surface area contributed by atoms with Crippen LogP contribution in [0.5, 0.6) is 0 Å². The molecule has 0 aromatic heterocycles. The molecule has 1 fully saturated rings. The van der Waals surface area contributed by atoms with Gasteiger partial charge in [-0.1, -0.05) is 0 Å². The molecule has 1 heterocycles. The Morgan fingerprint density at radius 1 is 0.893 bits per heavy atom. The summed E-state index contributed by atoms with van der Waals surface area (Å²) in [6.45, 7) is 21.2.